The second-order valence-electron chi connectivity index (χ2n) is 6.10. The zero-order valence-corrected chi connectivity index (χ0v) is 17.1. The zero-order chi connectivity index (χ0) is 19.4. The molecule has 0 aliphatic carbocycles. The van der Waals surface area contributed by atoms with Gasteiger partial charge in [-0.2, -0.15) is 0 Å². The van der Waals surface area contributed by atoms with E-state index in [4.69, 9.17) is 4.74 Å². The van der Waals surface area contributed by atoms with Gasteiger partial charge in [0.2, 0.25) is 5.91 Å². The van der Waals surface area contributed by atoms with E-state index in [1.165, 1.54) is 23.1 Å². The minimum absolute atomic E-state index is 0.0611. The van der Waals surface area contributed by atoms with Gasteiger partial charge in [-0.3, -0.25) is 9.59 Å². The Balaban J connectivity index is 1.52. The Hall–Kier alpha value is -2.32. The Kier molecular flexibility index (Phi) is 6.18. The van der Waals surface area contributed by atoms with Gasteiger partial charge in [0.05, 0.1) is 24.0 Å². The van der Waals surface area contributed by atoms with Crippen molar-refractivity contribution in [3.8, 4) is 5.75 Å². The number of hydrogen-bond acceptors (Lipinski definition) is 6. The molecule has 0 radical (unpaired) electrons. The molecule has 0 saturated heterocycles. The van der Waals surface area contributed by atoms with Gasteiger partial charge in [0.1, 0.15) is 16.4 Å². The van der Waals surface area contributed by atoms with Crippen LogP contribution in [0.5, 0.6) is 5.75 Å². The first-order valence-corrected chi connectivity index (χ1v) is 10.4. The molecular weight excluding hydrogens is 382 g/mol. The number of benzene rings is 1. The highest BCUT2D eigenvalue weighted by molar-refractivity contribution is 7.99. The number of hydrogen-bond donors (Lipinski definition) is 2. The third-order valence-electron chi connectivity index (χ3n) is 4.18. The number of aromatic nitrogens is 2. The maximum Gasteiger partial charge on any atom is 0.259 e. The molecule has 0 atom stereocenters. The van der Waals surface area contributed by atoms with E-state index in [2.05, 4.69) is 15.3 Å². The molecule has 27 heavy (non-hydrogen) atoms. The number of carbonyl (C=O) groups excluding carboxylic acids is 1. The van der Waals surface area contributed by atoms with Gasteiger partial charge in [-0.05, 0) is 37.1 Å². The van der Waals surface area contributed by atoms with Crippen molar-refractivity contribution in [2.24, 2.45) is 0 Å². The zero-order valence-electron chi connectivity index (χ0n) is 15.4. The van der Waals surface area contributed by atoms with Gasteiger partial charge in [-0.1, -0.05) is 12.1 Å². The van der Waals surface area contributed by atoms with Crippen molar-refractivity contribution >= 4 is 39.2 Å². The van der Waals surface area contributed by atoms with E-state index in [0.717, 1.165) is 26.6 Å². The highest BCUT2D eigenvalue weighted by Gasteiger charge is 2.12. The van der Waals surface area contributed by atoms with Crippen LogP contribution in [0.2, 0.25) is 0 Å². The van der Waals surface area contributed by atoms with Gasteiger partial charge in [0, 0.05) is 11.4 Å². The number of aromatic amines is 1. The normalized spacial score (nSPS) is 10.9. The van der Waals surface area contributed by atoms with Gasteiger partial charge < -0.3 is 15.0 Å². The van der Waals surface area contributed by atoms with Crippen LogP contribution in [-0.2, 0) is 17.1 Å². The second kappa shape index (κ2) is 8.58. The third-order valence-corrected chi connectivity index (χ3v) is 6.23. The number of fused-ring (bicyclic) bond motifs is 1. The molecule has 1 amide bonds. The van der Waals surface area contributed by atoms with Gasteiger partial charge in [-0.15, -0.1) is 23.1 Å². The predicted molar refractivity (Wildman–Crippen MR) is 111 cm³/mol. The number of H-pyrrole nitrogens is 1. The van der Waals surface area contributed by atoms with Gasteiger partial charge in [0.25, 0.3) is 5.56 Å². The van der Waals surface area contributed by atoms with Crippen LogP contribution in [0, 0.1) is 13.8 Å². The molecule has 0 fully saturated rings. The Bertz CT molecular complexity index is 1030. The fourth-order valence-electron chi connectivity index (χ4n) is 2.64. The lowest BCUT2D eigenvalue weighted by molar-refractivity contribution is -0.118. The predicted octanol–water partition coefficient (Wildman–Crippen LogP) is 3.16. The minimum Gasteiger partial charge on any atom is -0.497 e. The van der Waals surface area contributed by atoms with Crippen molar-refractivity contribution in [3.05, 3.63) is 56.4 Å². The molecule has 0 aliphatic rings. The number of thiophene rings is 1. The summed E-state index contributed by atoms with van der Waals surface area (Å²) in [5, 5.41) is 3.55. The Morgan fingerprint density at radius 3 is 2.96 bits per heavy atom. The maximum absolute atomic E-state index is 12.3. The maximum atomic E-state index is 12.3. The summed E-state index contributed by atoms with van der Waals surface area (Å²) in [5.74, 6) is 2.08. The summed E-state index contributed by atoms with van der Waals surface area (Å²) >= 11 is 2.95. The van der Waals surface area contributed by atoms with Gasteiger partial charge >= 0.3 is 0 Å². The number of nitrogens with zero attached hydrogens (tertiary/aromatic N) is 1. The van der Waals surface area contributed by atoms with Gasteiger partial charge in [0.15, 0.2) is 0 Å². The topological polar surface area (TPSA) is 84.1 Å². The summed E-state index contributed by atoms with van der Waals surface area (Å²) in [7, 11) is 1.61. The summed E-state index contributed by atoms with van der Waals surface area (Å²) in [6.45, 7) is 4.37. The van der Waals surface area contributed by atoms with Crippen LogP contribution < -0.4 is 15.6 Å². The third kappa shape index (κ3) is 4.70. The molecule has 2 N–H and O–H groups in total. The first-order valence-electron chi connectivity index (χ1n) is 8.44. The van der Waals surface area contributed by atoms with Crippen molar-refractivity contribution < 1.29 is 9.53 Å². The summed E-state index contributed by atoms with van der Waals surface area (Å²) in [5.41, 5.74) is 1.85. The Morgan fingerprint density at radius 1 is 1.37 bits per heavy atom. The van der Waals surface area contributed by atoms with E-state index >= 15 is 0 Å². The molecule has 8 heteroatoms. The van der Waals surface area contributed by atoms with E-state index in [1.807, 2.05) is 38.1 Å². The lowest BCUT2D eigenvalue weighted by atomic mass is 10.2. The van der Waals surface area contributed by atoms with Crippen LogP contribution in [0.4, 0.5) is 0 Å². The fourth-order valence-corrected chi connectivity index (χ4v) is 4.41. The summed E-state index contributed by atoms with van der Waals surface area (Å²) < 4.78 is 5.17. The van der Waals surface area contributed by atoms with E-state index in [1.54, 1.807) is 7.11 Å². The summed E-state index contributed by atoms with van der Waals surface area (Å²) in [6.07, 6.45) is 0. The highest BCUT2D eigenvalue weighted by Crippen LogP contribution is 2.26. The molecule has 3 aromatic rings. The number of thioether (sulfide) groups is 1. The van der Waals surface area contributed by atoms with Crippen molar-refractivity contribution in [2.75, 3.05) is 12.9 Å². The number of nitrogens with one attached hydrogen (secondary N) is 2. The van der Waals surface area contributed by atoms with Crippen LogP contribution in [0.25, 0.3) is 10.2 Å². The van der Waals surface area contributed by atoms with Crippen LogP contribution in [0.15, 0.2) is 29.1 Å². The van der Waals surface area contributed by atoms with Crippen LogP contribution >= 0.6 is 23.1 Å². The first kappa shape index (κ1) is 19.4. The molecule has 2 heterocycles. The van der Waals surface area contributed by atoms with Crippen LogP contribution in [0.1, 0.15) is 21.8 Å². The lowest BCUT2D eigenvalue weighted by Crippen LogP contribution is -2.24. The lowest BCUT2D eigenvalue weighted by Gasteiger charge is -2.07. The Morgan fingerprint density at radius 2 is 2.19 bits per heavy atom. The number of aryl methyl sites for hydroxylation is 2. The van der Waals surface area contributed by atoms with E-state index in [9.17, 15) is 9.59 Å². The van der Waals surface area contributed by atoms with Crippen molar-refractivity contribution in [1.82, 2.24) is 15.3 Å². The molecule has 0 spiro atoms. The monoisotopic (exact) mass is 403 g/mol. The average Bonchev–Trinajstić information content (AvgIpc) is 2.94. The Labute approximate surface area is 165 Å². The molecular formula is C19H21N3O3S2. The quantitative estimate of drug-likeness (QED) is 0.633. The number of methoxy groups -OCH3 is 1. The molecule has 3 rings (SSSR count). The van der Waals surface area contributed by atoms with Gasteiger partial charge in [-0.25, -0.2) is 4.98 Å². The molecule has 0 bridgehead atoms. The van der Waals surface area contributed by atoms with Crippen LogP contribution in [-0.4, -0.2) is 28.7 Å². The number of amides is 1. The minimum atomic E-state index is -0.111. The van der Waals surface area contributed by atoms with Crippen molar-refractivity contribution in [2.45, 2.75) is 26.1 Å². The number of rotatable bonds is 7. The summed E-state index contributed by atoms with van der Waals surface area (Å²) in [4.78, 5) is 33.5. The van der Waals surface area contributed by atoms with Crippen molar-refractivity contribution in [1.29, 1.82) is 0 Å². The number of carbonyl (C=O) groups is 1. The molecule has 6 nitrogen and oxygen atoms in total. The largest absolute Gasteiger partial charge is 0.497 e. The van der Waals surface area contributed by atoms with E-state index < -0.39 is 0 Å². The highest BCUT2D eigenvalue weighted by atomic mass is 32.2. The summed E-state index contributed by atoms with van der Waals surface area (Å²) in [6, 6.07) is 7.58. The molecule has 0 unspecified atom stereocenters. The standard InChI is InChI=1S/C19H21N3O3S2/c1-11-12(2)27-19-17(11)18(24)21-15(22-19)9-26-10-16(23)20-8-13-5-4-6-14(7-13)25-3/h4-7H,8-10H2,1-3H3,(H,20,23)(H,21,22,24). The molecule has 2 aromatic heterocycles. The second-order valence-corrected chi connectivity index (χ2v) is 8.29. The fraction of sp³-hybridized carbons (Fsp3) is 0.316. The average molecular weight is 404 g/mol. The smallest absolute Gasteiger partial charge is 0.259 e. The van der Waals surface area contributed by atoms with E-state index in [0.29, 0.717) is 29.3 Å². The molecule has 0 saturated carbocycles. The molecule has 142 valence electrons. The van der Waals surface area contributed by atoms with E-state index in [-0.39, 0.29) is 11.5 Å². The number of ether oxygens (including phenoxy) is 1. The molecule has 1 aromatic carbocycles. The first-order chi connectivity index (χ1) is 13.0. The molecule has 0 aliphatic heterocycles. The van der Waals surface area contributed by atoms with Crippen molar-refractivity contribution in [3.63, 3.8) is 0 Å². The SMILES string of the molecule is COc1cccc(CNC(=O)CSCc2nc3sc(C)c(C)c3c(=O)[nH]2)c1. The van der Waals surface area contributed by atoms with Crippen LogP contribution in [0.3, 0.4) is 0 Å².